The summed E-state index contributed by atoms with van der Waals surface area (Å²) in [5.74, 6) is 0. The van der Waals surface area contributed by atoms with Crippen LogP contribution in [0.1, 0.15) is 11.1 Å². The molecule has 1 heterocycles. The number of hydrogen-bond donors (Lipinski definition) is 0. The Morgan fingerprint density at radius 2 is 1.50 bits per heavy atom. The molecule has 112 valence electrons. The number of azo groups is 1. The molecule has 0 atom stereocenters. The number of rotatable bonds is 2. The number of nitrogens with zero attached hydrogens (tertiary/aromatic N) is 3. The van der Waals surface area contributed by atoms with E-state index in [1.807, 2.05) is 42.2 Å². The molecule has 0 saturated heterocycles. The van der Waals surface area contributed by atoms with Crippen LogP contribution in [0.3, 0.4) is 0 Å². The lowest BCUT2D eigenvalue weighted by atomic mass is 10.0. The fourth-order valence-corrected chi connectivity index (χ4v) is 2.47. The third kappa shape index (κ3) is 3.32. The molecule has 4 heteroatoms. The van der Waals surface area contributed by atoms with Crippen molar-refractivity contribution in [3.8, 4) is 11.1 Å². The van der Waals surface area contributed by atoms with Crippen LogP contribution in [-0.2, 0) is 7.05 Å². The van der Waals surface area contributed by atoms with Crippen LogP contribution < -0.4 is 28.5 Å². The maximum atomic E-state index is 4.44. The molecular weight excluding hydrogens is 385 g/mol. The van der Waals surface area contributed by atoms with Gasteiger partial charge in [-0.25, -0.2) is 4.57 Å². The van der Waals surface area contributed by atoms with Crippen molar-refractivity contribution in [3.63, 3.8) is 0 Å². The molecule has 0 bridgehead atoms. The van der Waals surface area contributed by atoms with Gasteiger partial charge in [-0.2, -0.15) is 5.11 Å². The molecule has 0 radical (unpaired) electrons. The SMILES string of the molecule is Cc1cccc(C)c2c(N=Nc3cc[n+](C)cc3)ccc1-2.[I-]. The van der Waals surface area contributed by atoms with Crippen LogP contribution in [0.4, 0.5) is 11.4 Å². The summed E-state index contributed by atoms with van der Waals surface area (Å²) in [5.41, 5.74) is 6.68. The number of fused-ring (bicyclic) bond motifs is 1. The van der Waals surface area contributed by atoms with Crippen LogP contribution in [0.15, 0.2) is 65.1 Å². The first kappa shape index (κ1) is 16.5. The largest absolute Gasteiger partial charge is 1.00 e. The minimum absolute atomic E-state index is 0. The first-order valence-electron chi connectivity index (χ1n) is 7.01. The highest BCUT2D eigenvalue weighted by molar-refractivity contribution is 5.83. The van der Waals surface area contributed by atoms with Crippen molar-refractivity contribution in [3.05, 3.63) is 66.0 Å². The Morgan fingerprint density at radius 3 is 2.23 bits per heavy atom. The van der Waals surface area contributed by atoms with Crippen LogP contribution in [0.5, 0.6) is 0 Å². The molecule has 2 aliphatic rings. The molecule has 0 N–H and O–H groups in total. The molecule has 0 fully saturated rings. The molecular formula is C18H18IN3. The zero-order valence-electron chi connectivity index (χ0n) is 12.9. The highest BCUT2D eigenvalue weighted by atomic mass is 127. The number of aryl methyl sites for hydroxylation is 3. The molecule has 0 aromatic carbocycles. The van der Waals surface area contributed by atoms with Gasteiger partial charge in [-0.15, -0.1) is 5.11 Å². The summed E-state index contributed by atoms with van der Waals surface area (Å²) in [7, 11) is 1.98. The average Bonchev–Trinajstić information content (AvgIpc) is 2.84. The van der Waals surface area contributed by atoms with Crippen molar-refractivity contribution in [2.75, 3.05) is 0 Å². The lowest BCUT2D eigenvalue weighted by Crippen LogP contribution is -3.00. The third-order valence-electron chi connectivity index (χ3n) is 3.68. The van der Waals surface area contributed by atoms with Crippen molar-refractivity contribution in [2.45, 2.75) is 13.8 Å². The molecule has 1 aromatic heterocycles. The van der Waals surface area contributed by atoms with Gasteiger partial charge in [-0.3, -0.25) is 0 Å². The molecule has 0 saturated carbocycles. The van der Waals surface area contributed by atoms with E-state index in [4.69, 9.17) is 0 Å². The molecule has 22 heavy (non-hydrogen) atoms. The molecule has 0 aliphatic heterocycles. The van der Waals surface area contributed by atoms with Crippen LogP contribution in [0.25, 0.3) is 11.1 Å². The van der Waals surface area contributed by atoms with E-state index in [1.165, 1.54) is 22.3 Å². The molecule has 2 aliphatic carbocycles. The predicted octanol–water partition coefficient (Wildman–Crippen LogP) is 1.65. The molecule has 3 nitrogen and oxygen atoms in total. The van der Waals surface area contributed by atoms with Crippen LogP contribution >= 0.6 is 0 Å². The third-order valence-corrected chi connectivity index (χ3v) is 3.68. The highest BCUT2D eigenvalue weighted by Gasteiger charge is 2.12. The smallest absolute Gasteiger partial charge is 0.170 e. The van der Waals surface area contributed by atoms with Crippen LogP contribution in [0.2, 0.25) is 0 Å². The standard InChI is InChI=1S/C18H18N3.HI/c1-13-5-4-6-14(2)18-16(13)7-8-17(18)20-19-15-9-11-21(3)12-10-15;/h4-12H,1-3H3;1H/q+1;/p-1. The Kier molecular flexibility index (Phi) is 5.24. The Labute approximate surface area is 148 Å². The lowest BCUT2D eigenvalue weighted by Gasteiger charge is -2.02. The van der Waals surface area contributed by atoms with Gasteiger partial charge in [0.05, 0.1) is 11.4 Å². The van der Waals surface area contributed by atoms with Gasteiger partial charge in [0.25, 0.3) is 0 Å². The summed E-state index contributed by atoms with van der Waals surface area (Å²) >= 11 is 0. The second-order valence-electron chi connectivity index (χ2n) is 5.32. The first-order chi connectivity index (χ1) is 10.1. The lowest BCUT2D eigenvalue weighted by molar-refractivity contribution is -0.671. The van der Waals surface area contributed by atoms with Gasteiger partial charge in [0.2, 0.25) is 0 Å². The average molecular weight is 403 g/mol. The van der Waals surface area contributed by atoms with E-state index >= 15 is 0 Å². The summed E-state index contributed by atoms with van der Waals surface area (Å²) in [6, 6.07) is 14.4. The van der Waals surface area contributed by atoms with Gasteiger partial charge in [0.1, 0.15) is 7.05 Å². The minimum atomic E-state index is 0. The van der Waals surface area contributed by atoms with Crippen LogP contribution in [0, 0.1) is 13.8 Å². The van der Waals surface area contributed by atoms with Crippen molar-refractivity contribution in [1.29, 1.82) is 0 Å². The molecule has 0 spiro atoms. The summed E-state index contributed by atoms with van der Waals surface area (Å²) in [6.07, 6.45) is 3.93. The second-order valence-corrected chi connectivity index (χ2v) is 5.32. The van der Waals surface area contributed by atoms with Crippen molar-refractivity contribution in [1.82, 2.24) is 0 Å². The van der Waals surface area contributed by atoms with Gasteiger partial charge < -0.3 is 24.0 Å². The number of hydrogen-bond acceptors (Lipinski definition) is 2. The number of pyridine rings is 1. The maximum Gasteiger partial charge on any atom is 0.170 e. The van der Waals surface area contributed by atoms with Crippen molar-refractivity contribution in [2.24, 2.45) is 17.3 Å². The summed E-state index contributed by atoms with van der Waals surface area (Å²) < 4.78 is 1.98. The van der Waals surface area contributed by atoms with Gasteiger partial charge in [0.15, 0.2) is 12.4 Å². The van der Waals surface area contributed by atoms with E-state index < -0.39 is 0 Å². The van der Waals surface area contributed by atoms with E-state index in [-0.39, 0.29) is 24.0 Å². The Balaban J connectivity index is 0.00000176. The van der Waals surface area contributed by atoms with Crippen molar-refractivity contribution < 1.29 is 28.5 Å². The first-order valence-corrected chi connectivity index (χ1v) is 7.01. The second kappa shape index (κ2) is 6.96. The minimum Gasteiger partial charge on any atom is -1.00 e. The molecule has 1 aromatic rings. The van der Waals surface area contributed by atoms with E-state index in [9.17, 15) is 0 Å². The zero-order chi connectivity index (χ0) is 14.8. The monoisotopic (exact) mass is 403 g/mol. The van der Waals surface area contributed by atoms with E-state index in [1.54, 1.807) is 0 Å². The topological polar surface area (TPSA) is 28.6 Å². The van der Waals surface area contributed by atoms with E-state index in [0.29, 0.717) is 0 Å². The molecule has 0 amide bonds. The maximum absolute atomic E-state index is 4.44. The fraction of sp³-hybridized carbons (Fsp3) is 0.167. The van der Waals surface area contributed by atoms with Gasteiger partial charge in [-0.1, -0.05) is 24.3 Å². The van der Waals surface area contributed by atoms with Crippen molar-refractivity contribution >= 4 is 11.4 Å². The summed E-state index contributed by atoms with van der Waals surface area (Å²) in [5, 5.41) is 8.78. The Hall–Kier alpha value is -1.82. The normalized spacial score (nSPS) is 10.9. The molecule has 0 unspecified atom stereocenters. The van der Waals surface area contributed by atoms with Gasteiger partial charge in [-0.05, 0) is 36.6 Å². The number of halogens is 1. The van der Waals surface area contributed by atoms with E-state index in [0.717, 1.165) is 11.4 Å². The zero-order valence-corrected chi connectivity index (χ0v) is 15.1. The number of aromatic nitrogens is 1. The Bertz CT molecular complexity index is 779. The van der Waals surface area contributed by atoms with E-state index in [2.05, 4.69) is 48.3 Å². The summed E-state index contributed by atoms with van der Waals surface area (Å²) in [4.78, 5) is 0. The van der Waals surface area contributed by atoms with Crippen LogP contribution in [-0.4, -0.2) is 0 Å². The fourth-order valence-electron chi connectivity index (χ4n) is 2.47. The predicted molar refractivity (Wildman–Crippen MR) is 84.3 cm³/mol. The summed E-state index contributed by atoms with van der Waals surface area (Å²) in [6.45, 7) is 4.24. The quantitative estimate of drug-likeness (QED) is 0.354. The highest BCUT2D eigenvalue weighted by Crippen LogP contribution is 2.38. The van der Waals surface area contributed by atoms with Gasteiger partial charge in [0, 0.05) is 17.7 Å². The Morgan fingerprint density at radius 1 is 0.818 bits per heavy atom. The van der Waals surface area contributed by atoms with Gasteiger partial charge >= 0.3 is 0 Å². The molecule has 3 rings (SSSR count).